The Morgan fingerprint density at radius 3 is 2.53 bits per heavy atom. The van der Waals surface area contributed by atoms with Crippen LogP contribution in [0.5, 0.6) is 0 Å². The fraction of sp³-hybridized carbons (Fsp3) is 0.750. The van der Waals surface area contributed by atoms with Crippen LogP contribution < -0.4 is 0 Å². The van der Waals surface area contributed by atoms with E-state index in [1.54, 1.807) is 11.3 Å². The second-order valence-electron chi connectivity index (χ2n) is 4.67. The van der Waals surface area contributed by atoms with Crippen LogP contribution in [0.4, 0.5) is 0 Å². The van der Waals surface area contributed by atoms with E-state index in [0.717, 1.165) is 30.0 Å². The molecule has 1 N–H and O–H groups in total. The van der Waals surface area contributed by atoms with E-state index in [2.05, 4.69) is 10.4 Å². The molecule has 0 unspecified atom stereocenters. The molecule has 2 rings (SSSR count). The number of aryl methyl sites for hydroxylation is 1. The minimum Gasteiger partial charge on any atom is -0.389 e. The standard InChI is InChI=1S/C12H19NOS/c1-10-13-11(9-15-10)8-12(14)6-4-2-3-5-7-12/h9,14H,2-8H2,1H3. The Labute approximate surface area is 95.4 Å². The maximum Gasteiger partial charge on any atom is 0.0897 e. The lowest BCUT2D eigenvalue weighted by Crippen LogP contribution is -2.30. The Morgan fingerprint density at radius 2 is 2.00 bits per heavy atom. The topological polar surface area (TPSA) is 33.1 Å². The van der Waals surface area contributed by atoms with Crippen LogP contribution in [0.1, 0.15) is 49.2 Å². The molecular formula is C12H19NOS. The first-order valence-corrected chi connectivity index (χ1v) is 6.69. The van der Waals surface area contributed by atoms with Gasteiger partial charge in [0, 0.05) is 11.8 Å². The van der Waals surface area contributed by atoms with Crippen molar-refractivity contribution in [2.24, 2.45) is 0 Å². The molecule has 1 heterocycles. The quantitative estimate of drug-likeness (QED) is 0.785. The average molecular weight is 225 g/mol. The van der Waals surface area contributed by atoms with Crippen LogP contribution in [0.2, 0.25) is 0 Å². The van der Waals surface area contributed by atoms with Crippen molar-refractivity contribution in [3.05, 3.63) is 16.1 Å². The van der Waals surface area contributed by atoms with Crippen LogP contribution in [-0.2, 0) is 6.42 Å². The van der Waals surface area contributed by atoms with Gasteiger partial charge in [-0.05, 0) is 19.8 Å². The number of hydrogen-bond acceptors (Lipinski definition) is 3. The lowest BCUT2D eigenvalue weighted by molar-refractivity contribution is 0.0245. The van der Waals surface area contributed by atoms with E-state index < -0.39 is 5.60 Å². The summed E-state index contributed by atoms with van der Waals surface area (Å²) in [6, 6.07) is 0. The lowest BCUT2D eigenvalue weighted by Gasteiger charge is -2.25. The van der Waals surface area contributed by atoms with E-state index in [0.29, 0.717) is 0 Å². The van der Waals surface area contributed by atoms with Gasteiger partial charge in [0.15, 0.2) is 0 Å². The maximum atomic E-state index is 10.5. The summed E-state index contributed by atoms with van der Waals surface area (Å²) in [5, 5.41) is 13.7. The van der Waals surface area contributed by atoms with Gasteiger partial charge in [-0.1, -0.05) is 25.7 Å². The summed E-state index contributed by atoms with van der Waals surface area (Å²) < 4.78 is 0. The fourth-order valence-corrected chi connectivity index (χ4v) is 3.00. The van der Waals surface area contributed by atoms with Crippen molar-refractivity contribution in [3.63, 3.8) is 0 Å². The Morgan fingerprint density at radius 1 is 1.33 bits per heavy atom. The second-order valence-corrected chi connectivity index (χ2v) is 5.74. The predicted molar refractivity (Wildman–Crippen MR) is 63.2 cm³/mol. The molecule has 1 aromatic heterocycles. The van der Waals surface area contributed by atoms with E-state index in [1.165, 1.54) is 25.7 Å². The van der Waals surface area contributed by atoms with E-state index in [1.807, 2.05) is 6.92 Å². The molecule has 0 aromatic carbocycles. The van der Waals surface area contributed by atoms with Crippen LogP contribution in [-0.4, -0.2) is 15.7 Å². The number of nitrogens with zero attached hydrogens (tertiary/aromatic N) is 1. The van der Waals surface area contributed by atoms with Crippen molar-refractivity contribution in [1.29, 1.82) is 0 Å². The van der Waals surface area contributed by atoms with Crippen molar-refractivity contribution in [1.82, 2.24) is 4.98 Å². The summed E-state index contributed by atoms with van der Waals surface area (Å²) in [5.74, 6) is 0. The number of thiazole rings is 1. The maximum absolute atomic E-state index is 10.5. The Balaban J connectivity index is 2.02. The predicted octanol–water partition coefficient (Wildman–Crippen LogP) is 3.08. The summed E-state index contributed by atoms with van der Waals surface area (Å²) in [4.78, 5) is 4.44. The minimum atomic E-state index is -0.475. The summed E-state index contributed by atoms with van der Waals surface area (Å²) in [7, 11) is 0. The Bertz CT molecular complexity index is 313. The monoisotopic (exact) mass is 225 g/mol. The molecule has 1 fully saturated rings. The average Bonchev–Trinajstić information content (AvgIpc) is 2.46. The van der Waals surface area contributed by atoms with E-state index in [4.69, 9.17) is 0 Å². The first-order chi connectivity index (χ1) is 7.18. The molecule has 0 atom stereocenters. The summed E-state index contributed by atoms with van der Waals surface area (Å²) in [5.41, 5.74) is 0.596. The summed E-state index contributed by atoms with van der Waals surface area (Å²) in [6.45, 7) is 2.02. The van der Waals surface area contributed by atoms with Crippen molar-refractivity contribution in [2.75, 3.05) is 0 Å². The molecule has 15 heavy (non-hydrogen) atoms. The lowest BCUT2D eigenvalue weighted by atomic mass is 9.90. The van der Waals surface area contributed by atoms with E-state index >= 15 is 0 Å². The van der Waals surface area contributed by atoms with Crippen LogP contribution in [0.15, 0.2) is 5.38 Å². The highest BCUT2D eigenvalue weighted by Gasteiger charge is 2.28. The largest absolute Gasteiger partial charge is 0.389 e. The van der Waals surface area contributed by atoms with Crippen molar-refractivity contribution in [2.45, 2.75) is 57.5 Å². The normalized spacial score (nSPS) is 21.2. The highest BCUT2D eigenvalue weighted by molar-refractivity contribution is 7.09. The highest BCUT2D eigenvalue weighted by atomic mass is 32.1. The molecular weight excluding hydrogens is 206 g/mol. The van der Waals surface area contributed by atoms with Crippen LogP contribution >= 0.6 is 11.3 Å². The van der Waals surface area contributed by atoms with Gasteiger partial charge in [-0.15, -0.1) is 11.3 Å². The number of rotatable bonds is 2. The third-order valence-electron chi connectivity index (χ3n) is 3.21. The molecule has 3 heteroatoms. The molecule has 0 amide bonds. The fourth-order valence-electron chi connectivity index (χ4n) is 2.39. The van der Waals surface area contributed by atoms with Gasteiger partial charge in [-0.2, -0.15) is 0 Å². The molecule has 0 spiro atoms. The zero-order valence-electron chi connectivity index (χ0n) is 9.33. The van der Waals surface area contributed by atoms with Gasteiger partial charge in [0.1, 0.15) is 0 Å². The van der Waals surface area contributed by atoms with E-state index in [9.17, 15) is 5.11 Å². The zero-order valence-corrected chi connectivity index (χ0v) is 10.1. The molecule has 0 bridgehead atoms. The van der Waals surface area contributed by atoms with Crippen LogP contribution in [0, 0.1) is 6.92 Å². The van der Waals surface area contributed by atoms with Gasteiger partial charge in [-0.3, -0.25) is 0 Å². The highest BCUT2D eigenvalue weighted by Crippen LogP contribution is 2.30. The Kier molecular flexibility index (Phi) is 3.42. The van der Waals surface area contributed by atoms with Crippen LogP contribution in [0.25, 0.3) is 0 Å². The van der Waals surface area contributed by atoms with Crippen LogP contribution in [0.3, 0.4) is 0 Å². The molecule has 1 aromatic rings. The third-order valence-corrected chi connectivity index (χ3v) is 4.03. The first kappa shape index (κ1) is 11.1. The smallest absolute Gasteiger partial charge is 0.0897 e. The molecule has 84 valence electrons. The number of aromatic nitrogens is 1. The molecule has 0 saturated heterocycles. The molecule has 0 radical (unpaired) electrons. The first-order valence-electron chi connectivity index (χ1n) is 5.81. The third kappa shape index (κ3) is 3.02. The minimum absolute atomic E-state index is 0.475. The zero-order chi connectivity index (χ0) is 10.7. The summed E-state index contributed by atoms with van der Waals surface area (Å²) in [6.07, 6.45) is 7.53. The van der Waals surface area contributed by atoms with Crippen molar-refractivity contribution >= 4 is 11.3 Å². The van der Waals surface area contributed by atoms with Gasteiger partial charge >= 0.3 is 0 Å². The molecule has 1 aliphatic carbocycles. The van der Waals surface area contributed by atoms with Crippen molar-refractivity contribution < 1.29 is 5.11 Å². The van der Waals surface area contributed by atoms with Gasteiger partial charge in [0.25, 0.3) is 0 Å². The SMILES string of the molecule is Cc1nc(CC2(O)CCCCCC2)cs1. The van der Waals surface area contributed by atoms with E-state index in [-0.39, 0.29) is 0 Å². The molecule has 0 aliphatic heterocycles. The number of hydrogen-bond donors (Lipinski definition) is 1. The van der Waals surface area contributed by atoms with Gasteiger partial charge in [-0.25, -0.2) is 4.98 Å². The van der Waals surface area contributed by atoms with Crippen molar-refractivity contribution in [3.8, 4) is 0 Å². The second kappa shape index (κ2) is 4.62. The van der Waals surface area contributed by atoms with Gasteiger partial charge < -0.3 is 5.11 Å². The summed E-state index contributed by atoms with van der Waals surface area (Å²) >= 11 is 1.67. The molecule has 1 aliphatic rings. The molecule has 1 saturated carbocycles. The van der Waals surface area contributed by atoms with Gasteiger partial charge in [0.2, 0.25) is 0 Å². The Hall–Kier alpha value is -0.410. The number of aliphatic hydroxyl groups is 1. The van der Waals surface area contributed by atoms with Gasteiger partial charge in [0.05, 0.1) is 16.3 Å². The molecule has 2 nitrogen and oxygen atoms in total.